The minimum Gasteiger partial charge on any atom is -0.448 e. The smallest absolute Gasteiger partial charge is 0.448 e. The van der Waals surface area contributed by atoms with Gasteiger partial charge < -0.3 is 20.1 Å². The second kappa shape index (κ2) is 10.2. The Morgan fingerprint density at radius 2 is 1.69 bits per heavy atom. The van der Waals surface area contributed by atoms with Crippen molar-refractivity contribution in [2.24, 2.45) is 0 Å². The molecule has 8 heteroatoms. The van der Waals surface area contributed by atoms with E-state index in [4.69, 9.17) is 4.74 Å². The van der Waals surface area contributed by atoms with Gasteiger partial charge in [0.25, 0.3) is 0 Å². The van der Waals surface area contributed by atoms with Crippen molar-refractivity contribution < 1.29 is 19.6 Å². The zero-order valence-electron chi connectivity index (χ0n) is 19.8. The summed E-state index contributed by atoms with van der Waals surface area (Å²) in [5.74, 6) is -0.0249. The molecule has 0 unspecified atom stereocenters. The Hall–Kier alpha value is -3.17. The summed E-state index contributed by atoms with van der Waals surface area (Å²) in [4.78, 5) is 15.1. The van der Waals surface area contributed by atoms with Crippen LogP contribution in [0.5, 0.6) is 0 Å². The van der Waals surface area contributed by atoms with Gasteiger partial charge in [-0.3, -0.25) is 10.2 Å². The van der Waals surface area contributed by atoms with Crippen LogP contribution >= 0.6 is 0 Å². The van der Waals surface area contributed by atoms with E-state index < -0.39 is 13.2 Å². The molecule has 7 nitrogen and oxygen atoms in total. The lowest BCUT2D eigenvalue weighted by atomic mass is 9.76. The second-order valence-electron chi connectivity index (χ2n) is 9.21. The molecule has 0 radical (unpaired) electrons. The first-order valence-corrected chi connectivity index (χ1v) is 12.1. The third-order valence-corrected chi connectivity index (χ3v) is 6.98. The highest BCUT2D eigenvalue weighted by Crippen LogP contribution is 2.44. The number of nitrogens with zero attached hydrogens (tertiary/aromatic N) is 1. The predicted molar refractivity (Wildman–Crippen MR) is 138 cm³/mol. The lowest BCUT2D eigenvalue weighted by molar-refractivity contribution is 0.158. The summed E-state index contributed by atoms with van der Waals surface area (Å²) in [5, 5.41) is 26.0. The van der Waals surface area contributed by atoms with Crippen LogP contribution in [0.3, 0.4) is 0 Å². The number of hydrogen-bond acceptors (Lipinski definition) is 6. The molecule has 3 aromatic carbocycles. The molecule has 35 heavy (non-hydrogen) atoms. The average molecular weight is 471 g/mol. The molecular formula is C27H30BN3O4. The SMILES string of the molecule is Cc1c(NC(=O)OCC2c3ccccc3-c3ccccc32)cc(CN2CCNCC2)cc1B(O)O. The van der Waals surface area contributed by atoms with Crippen LogP contribution in [0, 0.1) is 6.92 Å². The molecule has 0 bridgehead atoms. The lowest BCUT2D eigenvalue weighted by Gasteiger charge is -2.27. The maximum Gasteiger partial charge on any atom is 0.488 e. The molecule has 1 aliphatic heterocycles. The van der Waals surface area contributed by atoms with Gasteiger partial charge in [-0.15, -0.1) is 0 Å². The quantitative estimate of drug-likeness (QED) is 0.413. The minimum atomic E-state index is -1.62. The van der Waals surface area contributed by atoms with Gasteiger partial charge in [-0.1, -0.05) is 54.6 Å². The van der Waals surface area contributed by atoms with Crippen LogP contribution < -0.4 is 16.1 Å². The summed E-state index contributed by atoms with van der Waals surface area (Å²) in [6.07, 6.45) is -0.562. The highest BCUT2D eigenvalue weighted by molar-refractivity contribution is 6.59. The van der Waals surface area contributed by atoms with E-state index in [2.05, 4.69) is 39.8 Å². The largest absolute Gasteiger partial charge is 0.488 e. The van der Waals surface area contributed by atoms with Crippen molar-refractivity contribution in [1.82, 2.24) is 10.2 Å². The van der Waals surface area contributed by atoms with E-state index in [1.54, 1.807) is 13.0 Å². The van der Waals surface area contributed by atoms with Gasteiger partial charge in [-0.2, -0.15) is 0 Å². The van der Waals surface area contributed by atoms with E-state index in [1.807, 2.05) is 30.3 Å². The number of nitrogens with one attached hydrogen (secondary N) is 2. The molecule has 1 aliphatic carbocycles. The van der Waals surface area contributed by atoms with E-state index in [0.717, 1.165) is 42.9 Å². The number of carbonyl (C=O) groups is 1. The van der Waals surface area contributed by atoms with Gasteiger partial charge in [0.1, 0.15) is 6.61 Å². The molecular weight excluding hydrogens is 441 g/mol. The molecule has 3 aromatic rings. The van der Waals surface area contributed by atoms with Crippen LogP contribution in [0.4, 0.5) is 10.5 Å². The average Bonchev–Trinajstić information content (AvgIpc) is 3.19. The van der Waals surface area contributed by atoms with E-state index in [0.29, 0.717) is 23.3 Å². The lowest BCUT2D eigenvalue weighted by Crippen LogP contribution is -2.43. The van der Waals surface area contributed by atoms with Crippen molar-refractivity contribution in [3.8, 4) is 11.1 Å². The first kappa shape index (κ1) is 23.6. The van der Waals surface area contributed by atoms with Crippen LogP contribution in [0.2, 0.25) is 0 Å². The molecule has 1 heterocycles. The number of rotatable bonds is 6. The van der Waals surface area contributed by atoms with Crippen molar-refractivity contribution in [2.75, 3.05) is 38.1 Å². The number of carbonyl (C=O) groups excluding carboxylic acids is 1. The number of benzene rings is 3. The van der Waals surface area contributed by atoms with Gasteiger partial charge in [0.05, 0.1) is 0 Å². The van der Waals surface area contributed by atoms with Gasteiger partial charge in [0.15, 0.2) is 0 Å². The van der Waals surface area contributed by atoms with E-state index >= 15 is 0 Å². The fourth-order valence-corrected chi connectivity index (χ4v) is 5.16. The zero-order chi connectivity index (χ0) is 24.4. The van der Waals surface area contributed by atoms with Crippen molar-refractivity contribution in [2.45, 2.75) is 19.4 Å². The maximum atomic E-state index is 12.9. The summed E-state index contributed by atoms with van der Waals surface area (Å²) in [6.45, 7) is 6.33. The second-order valence-corrected chi connectivity index (χ2v) is 9.21. The standard InChI is InChI=1S/C27H30BN3O4/c1-18-25(28(33)34)14-19(16-31-12-10-29-11-13-31)15-26(18)30-27(32)35-17-24-22-8-4-2-6-20(22)21-7-3-5-9-23(21)24/h2-9,14-15,24,29,33-34H,10-13,16-17H2,1H3,(H,30,32). The van der Waals surface area contributed by atoms with Gasteiger partial charge in [0.2, 0.25) is 0 Å². The number of ether oxygens (including phenoxy) is 1. The van der Waals surface area contributed by atoms with Gasteiger partial charge in [-0.25, -0.2) is 4.79 Å². The van der Waals surface area contributed by atoms with Gasteiger partial charge >= 0.3 is 13.2 Å². The summed E-state index contributed by atoms with van der Waals surface area (Å²) < 4.78 is 5.70. The molecule has 0 atom stereocenters. The number of hydrogen-bond donors (Lipinski definition) is 4. The molecule has 1 fully saturated rings. The Balaban J connectivity index is 1.31. The highest BCUT2D eigenvalue weighted by atomic mass is 16.5. The van der Waals surface area contributed by atoms with Gasteiger partial charge in [-0.05, 0) is 51.8 Å². The Bertz CT molecular complexity index is 1180. The zero-order valence-corrected chi connectivity index (χ0v) is 19.8. The van der Waals surface area contributed by atoms with Crippen LogP contribution in [-0.2, 0) is 11.3 Å². The molecule has 180 valence electrons. The molecule has 0 aromatic heterocycles. The van der Waals surface area contributed by atoms with Crippen molar-refractivity contribution in [3.05, 3.63) is 82.9 Å². The van der Waals surface area contributed by atoms with Crippen LogP contribution in [-0.4, -0.2) is 60.9 Å². The van der Waals surface area contributed by atoms with E-state index in [9.17, 15) is 14.8 Å². The number of fused-ring (bicyclic) bond motifs is 3. The number of amides is 1. The molecule has 0 saturated carbocycles. The molecule has 4 N–H and O–H groups in total. The summed E-state index contributed by atoms with van der Waals surface area (Å²) in [5.41, 5.74) is 7.09. The topological polar surface area (TPSA) is 94.1 Å². The van der Waals surface area contributed by atoms with Gasteiger partial charge in [0, 0.05) is 44.3 Å². The fourth-order valence-electron chi connectivity index (χ4n) is 5.16. The number of piperazine rings is 1. The first-order valence-electron chi connectivity index (χ1n) is 12.1. The summed E-state index contributed by atoms with van der Waals surface area (Å²) in [7, 11) is -1.62. The van der Waals surface area contributed by atoms with Crippen molar-refractivity contribution in [3.63, 3.8) is 0 Å². The fraction of sp³-hybridized carbons (Fsp3) is 0.296. The van der Waals surface area contributed by atoms with Crippen molar-refractivity contribution in [1.29, 1.82) is 0 Å². The molecule has 1 amide bonds. The monoisotopic (exact) mass is 471 g/mol. The molecule has 1 saturated heterocycles. The maximum absolute atomic E-state index is 12.9. The molecule has 5 rings (SSSR count). The van der Waals surface area contributed by atoms with E-state index in [1.165, 1.54) is 11.1 Å². The Kier molecular flexibility index (Phi) is 6.88. The normalized spacial score (nSPS) is 15.4. The third kappa shape index (κ3) is 4.97. The first-order chi connectivity index (χ1) is 17.0. The van der Waals surface area contributed by atoms with Crippen LogP contribution in [0.15, 0.2) is 60.7 Å². The Morgan fingerprint density at radius 1 is 1.06 bits per heavy atom. The Labute approximate surface area is 205 Å². The van der Waals surface area contributed by atoms with Crippen LogP contribution in [0.25, 0.3) is 11.1 Å². The predicted octanol–water partition coefficient (Wildman–Crippen LogP) is 2.44. The number of anilines is 1. The highest BCUT2D eigenvalue weighted by Gasteiger charge is 2.29. The summed E-state index contributed by atoms with van der Waals surface area (Å²) in [6, 6.07) is 20.1. The third-order valence-electron chi connectivity index (χ3n) is 6.98. The van der Waals surface area contributed by atoms with E-state index in [-0.39, 0.29) is 12.5 Å². The molecule has 2 aliphatic rings. The molecule has 0 spiro atoms. The van der Waals surface area contributed by atoms with Crippen molar-refractivity contribution >= 4 is 24.4 Å². The summed E-state index contributed by atoms with van der Waals surface area (Å²) >= 11 is 0. The van der Waals surface area contributed by atoms with Crippen LogP contribution in [0.1, 0.15) is 28.2 Å². The Morgan fingerprint density at radius 3 is 2.31 bits per heavy atom. The minimum absolute atomic E-state index is 0.0249.